The maximum absolute atomic E-state index is 13.0. The van der Waals surface area contributed by atoms with Crippen LogP contribution in [0.4, 0.5) is 4.39 Å². The smallest absolute Gasteiger partial charge is 0.258 e. The maximum atomic E-state index is 13.0. The van der Waals surface area contributed by atoms with Gasteiger partial charge in [0.1, 0.15) is 11.6 Å². The van der Waals surface area contributed by atoms with Crippen molar-refractivity contribution < 1.29 is 18.7 Å². The van der Waals surface area contributed by atoms with Crippen LogP contribution in [0.5, 0.6) is 5.75 Å². The van der Waals surface area contributed by atoms with Crippen LogP contribution in [0, 0.1) is 5.82 Å². The number of amides is 2. The standard InChI is InChI=1S/C20H19Cl2FN2O3/c21-14-3-6-18(17(22)11-14)28-12-19(26)24-16-7-9-25(10-8-16)20(27)13-1-4-15(23)5-2-13/h1-6,11,16H,7-10,12H2,(H,24,26). The first-order valence-electron chi connectivity index (χ1n) is 8.84. The number of nitrogens with zero attached hydrogens (tertiary/aromatic N) is 1. The minimum atomic E-state index is -0.375. The van der Waals surface area contributed by atoms with E-state index >= 15 is 0 Å². The molecule has 148 valence electrons. The van der Waals surface area contributed by atoms with Gasteiger partial charge in [0.05, 0.1) is 5.02 Å². The van der Waals surface area contributed by atoms with Gasteiger partial charge in [-0.15, -0.1) is 0 Å². The van der Waals surface area contributed by atoms with Crippen LogP contribution < -0.4 is 10.1 Å². The van der Waals surface area contributed by atoms with Crippen LogP contribution in [0.1, 0.15) is 23.2 Å². The molecule has 0 spiro atoms. The third-order valence-electron chi connectivity index (χ3n) is 4.49. The lowest BCUT2D eigenvalue weighted by Gasteiger charge is -2.32. The Morgan fingerprint density at radius 1 is 1.11 bits per heavy atom. The molecule has 0 aromatic heterocycles. The number of piperidine rings is 1. The third kappa shape index (κ3) is 5.36. The number of likely N-dealkylation sites (tertiary alicyclic amines) is 1. The quantitative estimate of drug-likeness (QED) is 0.790. The largest absolute Gasteiger partial charge is 0.482 e. The van der Waals surface area contributed by atoms with Gasteiger partial charge in [-0.25, -0.2) is 4.39 Å². The Kier molecular flexibility index (Phi) is 6.75. The summed E-state index contributed by atoms with van der Waals surface area (Å²) in [5, 5.41) is 3.74. The number of halogens is 3. The fourth-order valence-electron chi connectivity index (χ4n) is 3.01. The van der Waals surface area contributed by atoms with Gasteiger partial charge in [0, 0.05) is 29.7 Å². The summed E-state index contributed by atoms with van der Waals surface area (Å²) in [6.07, 6.45) is 1.28. The van der Waals surface area contributed by atoms with Gasteiger partial charge < -0.3 is 15.0 Å². The van der Waals surface area contributed by atoms with Gasteiger partial charge in [0.2, 0.25) is 0 Å². The number of carbonyl (C=O) groups is 2. The lowest BCUT2D eigenvalue weighted by atomic mass is 10.0. The molecule has 2 aromatic carbocycles. The van der Waals surface area contributed by atoms with E-state index < -0.39 is 0 Å². The Bertz CT molecular complexity index is 853. The lowest BCUT2D eigenvalue weighted by molar-refractivity contribution is -0.124. The van der Waals surface area contributed by atoms with Crippen molar-refractivity contribution in [2.75, 3.05) is 19.7 Å². The number of hydrogen-bond donors (Lipinski definition) is 1. The van der Waals surface area contributed by atoms with Crippen LogP contribution >= 0.6 is 23.2 Å². The molecule has 0 radical (unpaired) electrons. The summed E-state index contributed by atoms with van der Waals surface area (Å²) in [6, 6.07) is 10.3. The Hall–Kier alpha value is -2.31. The van der Waals surface area contributed by atoms with E-state index in [-0.39, 0.29) is 30.3 Å². The van der Waals surface area contributed by atoms with Gasteiger partial charge in [-0.3, -0.25) is 9.59 Å². The normalized spacial score (nSPS) is 14.6. The molecule has 5 nitrogen and oxygen atoms in total. The number of nitrogens with one attached hydrogen (secondary N) is 1. The average Bonchev–Trinajstić information content (AvgIpc) is 2.68. The van der Waals surface area contributed by atoms with E-state index in [9.17, 15) is 14.0 Å². The number of ether oxygens (including phenoxy) is 1. The highest BCUT2D eigenvalue weighted by Crippen LogP contribution is 2.27. The Morgan fingerprint density at radius 3 is 2.43 bits per heavy atom. The van der Waals surface area contributed by atoms with E-state index in [0.717, 1.165) is 0 Å². The summed E-state index contributed by atoms with van der Waals surface area (Å²) in [5.41, 5.74) is 0.456. The Morgan fingerprint density at radius 2 is 1.79 bits per heavy atom. The first-order chi connectivity index (χ1) is 13.4. The van der Waals surface area contributed by atoms with E-state index in [1.165, 1.54) is 24.3 Å². The van der Waals surface area contributed by atoms with Gasteiger partial charge >= 0.3 is 0 Å². The van der Waals surface area contributed by atoms with Crippen LogP contribution in [-0.4, -0.2) is 42.5 Å². The van der Waals surface area contributed by atoms with Gasteiger partial charge in [-0.2, -0.15) is 0 Å². The predicted octanol–water partition coefficient (Wildman–Crippen LogP) is 3.93. The molecular formula is C20H19Cl2FN2O3. The van der Waals surface area contributed by atoms with Gasteiger partial charge in [-0.05, 0) is 55.3 Å². The fourth-order valence-corrected chi connectivity index (χ4v) is 3.47. The van der Waals surface area contributed by atoms with Gasteiger partial charge in [0.15, 0.2) is 6.61 Å². The van der Waals surface area contributed by atoms with Gasteiger partial charge in [0.25, 0.3) is 11.8 Å². The van der Waals surface area contributed by atoms with Crippen LogP contribution in [-0.2, 0) is 4.79 Å². The molecule has 28 heavy (non-hydrogen) atoms. The highest BCUT2D eigenvalue weighted by atomic mass is 35.5. The first kappa shape index (κ1) is 20.4. The SMILES string of the molecule is O=C(COc1ccc(Cl)cc1Cl)NC1CCN(C(=O)c2ccc(F)cc2)CC1. The Labute approximate surface area is 172 Å². The number of rotatable bonds is 5. The summed E-state index contributed by atoms with van der Waals surface area (Å²) in [7, 11) is 0. The minimum Gasteiger partial charge on any atom is -0.482 e. The number of carbonyl (C=O) groups excluding carboxylic acids is 2. The summed E-state index contributed by atoms with van der Waals surface area (Å²) in [5.74, 6) is -0.374. The summed E-state index contributed by atoms with van der Waals surface area (Å²) in [4.78, 5) is 26.2. The first-order valence-corrected chi connectivity index (χ1v) is 9.60. The van der Waals surface area contributed by atoms with E-state index in [2.05, 4.69) is 5.32 Å². The average molecular weight is 425 g/mol. The second-order valence-corrected chi connectivity index (χ2v) is 7.35. The van der Waals surface area contributed by atoms with Crippen molar-refractivity contribution in [2.45, 2.75) is 18.9 Å². The molecule has 0 saturated carbocycles. The molecule has 0 unspecified atom stereocenters. The molecular weight excluding hydrogens is 406 g/mol. The fraction of sp³-hybridized carbons (Fsp3) is 0.300. The maximum Gasteiger partial charge on any atom is 0.258 e. The molecule has 1 aliphatic rings. The zero-order chi connectivity index (χ0) is 20.1. The van der Waals surface area contributed by atoms with Crippen molar-refractivity contribution in [3.63, 3.8) is 0 Å². The summed E-state index contributed by atoms with van der Waals surface area (Å²) in [6.45, 7) is 0.881. The molecule has 1 aliphatic heterocycles. The van der Waals surface area contributed by atoms with Crippen molar-refractivity contribution in [1.82, 2.24) is 10.2 Å². The molecule has 1 saturated heterocycles. The predicted molar refractivity (Wildman–Crippen MR) is 105 cm³/mol. The molecule has 2 aromatic rings. The molecule has 3 rings (SSSR count). The molecule has 0 bridgehead atoms. The van der Waals surface area contributed by atoms with Crippen molar-refractivity contribution in [1.29, 1.82) is 0 Å². The zero-order valence-electron chi connectivity index (χ0n) is 15.0. The summed E-state index contributed by atoms with van der Waals surface area (Å²) < 4.78 is 18.4. The topological polar surface area (TPSA) is 58.6 Å². The second-order valence-electron chi connectivity index (χ2n) is 6.50. The minimum absolute atomic E-state index is 0.0333. The van der Waals surface area contributed by atoms with E-state index in [4.69, 9.17) is 27.9 Å². The molecule has 8 heteroatoms. The highest BCUT2D eigenvalue weighted by Gasteiger charge is 2.24. The third-order valence-corrected chi connectivity index (χ3v) is 5.02. The van der Waals surface area contributed by atoms with Crippen LogP contribution in [0.15, 0.2) is 42.5 Å². The van der Waals surface area contributed by atoms with Crippen molar-refractivity contribution in [3.8, 4) is 5.75 Å². The molecule has 1 heterocycles. The van der Waals surface area contributed by atoms with E-state index in [0.29, 0.717) is 47.3 Å². The second kappa shape index (κ2) is 9.26. The molecule has 0 atom stereocenters. The lowest BCUT2D eigenvalue weighted by Crippen LogP contribution is -2.47. The highest BCUT2D eigenvalue weighted by molar-refractivity contribution is 6.35. The van der Waals surface area contributed by atoms with E-state index in [1.54, 1.807) is 23.1 Å². The monoisotopic (exact) mass is 424 g/mol. The zero-order valence-corrected chi connectivity index (χ0v) is 16.5. The molecule has 0 aliphatic carbocycles. The van der Waals surface area contributed by atoms with Crippen LogP contribution in [0.2, 0.25) is 10.0 Å². The number of hydrogen-bond acceptors (Lipinski definition) is 3. The Balaban J connectivity index is 1.44. The van der Waals surface area contributed by atoms with E-state index in [1.807, 2.05) is 0 Å². The van der Waals surface area contributed by atoms with Crippen molar-refractivity contribution in [3.05, 3.63) is 63.9 Å². The molecule has 1 N–H and O–H groups in total. The molecule has 2 amide bonds. The van der Waals surface area contributed by atoms with Crippen molar-refractivity contribution >= 4 is 35.0 Å². The summed E-state index contributed by atoms with van der Waals surface area (Å²) >= 11 is 11.8. The van der Waals surface area contributed by atoms with Crippen LogP contribution in [0.3, 0.4) is 0 Å². The molecule has 1 fully saturated rings. The van der Waals surface area contributed by atoms with Gasteiger partial charge in [-0.1, -0.05) is 23.2 Å². The van der Waals surface area contributed by atoms with Crippen LogP contribution in [0.25, 0.3) is 0 Å². The van der Waals surface area contributed by atoms with Crippen molar-refractivity contribution in [2.24, 2.45) is 0 Å². The number of benzene rings is 2.